The minimum atomic E-state index is -3.42. The van der Waals surface area contributed by atoms with E-state index in [1.165, 1.54) is 6.07 Å². The van der Waals surface area contributed by atoms with Gasteiger partial charge in [-0.05, 0) is 24.1 Å². The van der Waals surface area contributed by atoms with Gasteiger partial charge in [0.15, 0.2) is 9.84 Å². The van der Waals surface area contributed by atoms with Gasteiger partial charge in [0.25, 0.3) is 0 Å². The molecule has 0 saturated heterocycles. The van der Waals surface area contributed by atoms with Crippen LogP contribution in [0.5, 0.6) is 0 Å². The molecule has 0 radical (unpaired) electrons. The van der Waals surface area contributed by atoms with Crippen LogP contribution in [0, 0.1) is 11.7 Å². The number of nitrogens with two attached hydrogens (primary N) is 1. The summed E-state index contributed by atoms with van der Waals surface area (Å²) in [6, 6.07) is 3.36. The monoisotopic (exact) mass is 231 g/mol. The molecule has 0 aliphatic heterocycles. The van der Waals surface area contributed by atoms with Crippen LogP contribution in [-0.4, -0.2) is 14.2 Å². The largest absolute Gasteiger partial charge is 0.399 e. The fourth-order valence-corrected chi connectivity index (χ4v) is 2.98. The molecule has 3 nitrogen and oxygen atoms in total. The Balaban J connectivity index is 3.16. The summed E-state index contributed by atoms with van der Waals surface area (Å²) in [5.74, 6) is -0.632. The molecular weight excluding hydrogens is 217 g/mol. The van der Waals surface area contributed by atoms with Crippen molar-refractivity contribution in [2.24, 2.45) is 5.92 Å². The second-order valence-electron chi connectivity index (χ2n) is 3.90. The summed E-state index contributed by atoms with van der Waals surface area (Å²) in [5.41, 5.74) is 5.51. The zero-order chi connectivity index (χ0) is 11.6. The maximum absolute atomic E-state index is 13.0. The summed E-state index contributed by atoms with van der Waals surface area (Å²) >= 11 is 0. The van der Waals surface area contributed by atoms with Crippen molar-refractivity contribution in [2.75, 3.05) is 11.5 Å². The topological polar surface area (TPSA) is 60.2 Å². The standard InChI is InChI=1S/C10H14FNO2S/c1-7(2)6-15(13,14)10-4-8(11)3-9(12)5-10/h3-5,7H,6,12H2,1-2H3. The molecule has 84 valence electrons. The number of benzene rings is 1. The fourth-order valence-electron chi connectivity index (χ4n) is 1.30. The lowest BCUT2D eigenvalue weighted by molar-refractivity contribution is 0.578. The first-order valence-corrected chi connectivity index (χ1v) is 6.25. The highest BCUT2D eigenvalue weighted by Gasteiger charge is 2.17. The quantitative estimate of drug-likeness (QED) is 0.807. The molecule has 5 heteroatoms. The average molecular weight is 231 g/mol. The maximum Gasteiger partial charge on any atom is 0.178 e. The molecule has 15 heavy (non-hydrogen) atoms. The van der Waals surface area contributed by atoms with E-state index in [0.717, 1.165) is 12.1 Å². The molecule has 1 aromatic carbocycles. The first-order valence-electron chi connectivity index (χ1n) is 4.60. The van der Waals surface area contributed by atoms with Crippen molar-refractivity contribution >= 4 is 15.5 Å². The van der Waals surface area contributed by atoms with E-state index >= 15 is 0 Å². The van der Waals surface area contributed by atoms with Crippen LogP contribution < -0.4 is 5.73 Å². The van der Waals surface area contributed by atoms with Crippen molar-refractivity contribution in [2.45, 2.75) is 18.7 Å². The third-order valence-electron chi connectivity index (χ3n) is 1.81. The molecule has 1 aromatic rings. The van der Waals surface area contributed by atoms with E-state index in [9.17, 15) is 12.8 Å². The Kier molecular flexibility index (Phi) is 3.34. The number of sulfone groups is 1. The van der Waals surface area contributed by atoms with Gasteiger partial charge >= 0.3 is 0 Å². The molecular formula is C10H14FNO2S. The summed E-state index contributed by atoms with van der Waals surface area (Å²) in [4.78, 5) is -0.0475. The molecule has 0 aliphatic carbocycles. The molecule has 0 bridgehead atoms. The molecule has 0 atom stereocenters. The lowest BCUT2D eigenvalue weighted by Gasteiger charge is -2.07. The molecule has 0 saturated carbocycles. The lowest BCUT2D eigenvalue weighted by Crippen LogP contribution is -2.12. The van der Waals surface area contributed by atoms with Crippen LogP contribution in [0.3, 0.4) is 0 Å². The summed E-state index contributed by atoms with van der Waals surface area (Å²) < 4.78 is 36.4. The third-order valence-corrected chi connectivity index (χ3v) is 3.86. The summed E-state index contributed by atoms with van der Waals surface area (Å²) in [6.45, 7) is 3.58. The molecule has 0 heterocycles. The molecule has 0 unspecified atom stereocenters. The fraction of sp³-hybridized carbons (Fsp3) is 0.400. The Morgan fingerprint density at radius 3 is 2.40 bits per heavy atom. The minimum absolute atomic E-state index is 0.000471. The third kappa shape index (κ3) is 3.20. The van der Waals surface area contributed by atoms with E-state index in [1.807, 2.05) is 0 Å². The van der Waals surface area contributed by atoms with Crippen molar-refractivity contribution in [1.29, 1.82) is 0 Å². The van der Waals surface area contributed by atoms with Gasteiger partial charge < -0.3 is 5.73 Å². The predicted molar refractivity (Wildman–Crippen MR) is 57.7 cm³/mol. The van der Waals surface area contributed by atoms with Crippen molar-refractivity contribution in [1.82, 2.24) is 0 Å². The number of anilines is 1. The van der Waals surface area contributed by atoms with Gasteiger partial charge in [-0.3, -0.25) is 0 Å². The van der Waals surface area contributed by atoms with E-state index < -0.39 is 15.7 Å². The van der Waals surface area contributed by atoms with Crippen LogP contribution in [0.1, 0.15) is 13.8 Å². The minimum Gasteiger partial charge on any atom is -0.399 e. The van der Waals surface area contributed by atoms with E-state index in [1.54, 1.807) is 13.8 Å². The van der Waals surface area contributed by atoms with Crippen molar-refractivity contribution < 1.29 is 12.8 Å². The van der Waals surface area contributed by atoms with Crippen molar-refractivity contribution in [3.05, 3.63) is 24.0 Å². The Morgan fingerprint density at radius 2 is 1.93 bits per heavy atom. The maximum atomic E-state index is 13.0. The van der Waals surface area contributed by atoms with Crippen molar-refractivity contribution in [3.63, 3.8) is 0 Å². The molecule has 1 rings (SSSR count). The van der Waals surface area contributed by atoms with E-state index in [2.05, 4.69) is 0 Å². The number of hydrogen-bond donors (Lipinski definition) is 1. The Bertz CT molecular complexity index is 434. The highest BCUT2D eigenvalue weighted by Crippen LogP contribution is 2.18. The van der Waals surface area contributed by atoms with Crippen LogP contribution in [0.2, 0.25) is 0 Å². The van der Waals surface area contributed by atoms with Gasteiger partial charge in [-0.1, -0.05) is 13.8 Å². The number of halogens is 1. The normalized spacial score (nSPS) is 12.0. The van der Waals surface area contributed by atoms with Crippen molar-refractivity contribution in [3.8, 4) is 0 Å². The second kappa shape index (κ2) is 4.18. The Morgan fingerprint density at radius 1 is 1.33 bits per heavy atom. The molecule has 0 spiro atoms. The molecule has 2 N–H and O–H groups in total. The summed E-state index contributed by atoms with van der Waals surface area (Å²) in [6.07, 6.45) is 0. The zero-order valence-corrected chi connectivity index (χ0v) is 9.51. The smallest absolute Gasteiger partial charge is 0.178 e. The number of nitrogen functional groups attached to an aromatic ring is 1. The molecule has 0 amide bonds. The Hall–Kier alpha value is -1.10. The molecule has 0 fully saturated rings. The number of hydrogen-bond acceptors (Lipinski definition) is 3. The summed E-state index contributed by atoms with van der Waals surface area (Å²) in [5, 5.41) is 0. The highest BCUT2D eigenvalue weighted by molar-refractivity contribution is 7.91. The molecule has 0 aliphatic rings. The zero-order valence-electron chi connectivity index (χ0n) is 8.70. The van der Waals surface area contributed by atoms with Crippen LogP contribution >= 0.6 is 0 Å². The second-order valence-corrected chi connectivity index (χ2v) is 5.93. The van der Waals surface area contributed by atoms with Crippen LogP contribution in [-0.2, 0) is 9.84 Å². The van der Waals surface area contributed by atoms with Gasteiger partial charge in [-0.2, -0.15) is 0 Å². The highest BCUT2D eigenvalue weighted by atomic mass is 32.2. The van der Waals surface area contributed by atoms with Crippen LogP contribution in [0.15, 0.2) is 23.1 Å². The SMILES string of the molecule is CC(C)CS(=O)(=O)c1cc(N)cc(F)c1. The average Bonchev–Trinajstić information content (AvgIpc) is 1.99. The van der Waals surface area contributed by atoms with E-state index in [4.69, 9.17) is 5.73 Å². The first-order chi connectivity index (χ1) is 6.81. The van der Waals surface area contributed by atoms with Gasteiger partial charge in [0, 0.05) is 5.69 Å². The Labute approximate surface area is 89.0 Å². The summed E-state index contributed by atoms with van der Waals surface area (Å²) in [7, 11) is -3.42. The van der Waals surface area contributed by atoms with E-state index in [0.29, 0.717) is 0 Å². The van der Waals surface area contributed by atoms with E-state index in [-0.39, 0.29) is 22.3 Å². The van der Waals surface area contributed by atoms with Gasteiger partial charge in [0.1, 0.15) is 5.82 Å². The van der Waals surface area contributed by atoms with Gasteiger partial charge in [0.2, 0.25) is 0 Å². The predicted octanol–water partition coefficient (Wildman–Crippen LogP) is 1.84. The van der Waals surface area contributed by atoms with Gasteiger partial charge in [-0.25, -0.2) is 12.8 Å². The van der Waals surface area contributed by atoms with Gasteiger partial charge in [-0.15, -0.1) is 0 Å². The van der Waals surface area contributed by atoms with Gasteiger partial charge in [0.05, 0.1) is 10.6 Å². The van der Waals surface area contributed by atoms with Crippen LogP contribution in [0.4, 0.5) is 10.1 Å². The first kappa shape index (κ1) is 12.0. The lowest BCUT2D eigenvalue weighted by atomic mass is 10.3. The number of rotatable bonds is 3. The molecule has 0 aromatic heterocycles. The van der Waals surface area contributed by atoms with Crippen LogP contribution in [0.25, 0.3) is 0 Å².